The molecule has 0 unspecified atom stereocenters. The smallest absolute Gasteiger partial charge is 0.251 e. The van der Waals surface area contributed by atoms with Crippen LogP contribution < -0.4 is 16.0 Å². The Morgan fingerprint density at radius 2 is 1.86 bits per heavy atom. The van der Waals surface area contributed by atoms with Crippen molar-refractivity contribution in [1.29, 1.82) is 0 Å². The lowest BCUT2D eigenvalue weighted by Gasteiger charge is -2.30. The second-order valence-corrected chi connectivity index (χ2v) is 7.34. The van der Waals surface area contributed by atoms with Crippen LogP contribution in [-0.2, 0) is 0 Å². The molecule has 1 aliphatic rings. The second-order valence-electron chi connectivity index (χ2n) is 6.93. The third kappa shape index (κ3) is 5.49. The van der Waals surface area contributed by atoms with Crippen LogP contribution in [0.25, 0.3) is 0 Å². The van der Waals surface area contributed by atoms with E-state index in [4.69, 9.17) is 11.6 Å². The van der Waals surface area contributed by atoms with Gasteiger partial charge in [0.2, 0.25) is 0 Å². The number of carbonyl (C=O) groups is 1. The van der Waals surface area contributed by atoms with Crippen LogP contribution in [0.3, 0.4) is 0 Å². The predicted molar refractivity (Wildman–Crippen MR) is 114 cm³/mol. The third-order valence-corrected chi connectivity index (χ3v) is 5.26. The molecule has 0 aliphatic heterocycles. The van der Waals surface area contributed by atoms with Gasteiger partial charge in [-0.3, -0.25) is 4.79 Å². The van der Waals surface area contributed by atoms with Gasteiger partial charge >= 0.3 is 0 Å². The lowest BCUT2D eigenvalue weighted by molar-refractivity contribution is 0.0926. The zero-order chi connectivity index (χ0) is 19.4. The molecule has 0 bridgehead atoms. The molecule has 1 fully saturated rings. The molecule has 8 heteroatoms. The number of amides is 1. The van der Waals surface area contributed by atoms with Crippen LogP contribution in [-0.4, -0.2) is 30.0 Å². The summed E-state index contributed by atoms with van der Waals surface area (Å²) in [6, 6.07) is 6.48. The summed E-state index contributed by atoms with van der Waals surface area (Å²) in [5.74, 6) is 0.122. The minimum absolute atomic E-state index is 0. The van der Waals surface area contributed by atoms with E-state index in [9.17, 15) is 9.18 Å². The standard InChI is InChI=1S/C20H24ClFN4O.ClH/c1-12-11-24-19(10-18(12)23-2)25-14-4-6-15(7-5-14)26-20(27)13-3-8-17(22)16(21)9-13;/h3,8-11,14-15H,4-7H2,1-2H3,(H,26,27)(H2,23,24,25);1H/t14-,15+;. The Balaban J connectivity index is 0.00000280. The molecule has 28 heavy (non-hydrogen) atoms. The summed E-state index contributed by atoms with van der Waals surface area (Å²) in [5, 5.41) is 9.62. The zero-order valence-electron chi connectivity index (χ0n) is 15.9. The van der Waals surface area contributed by atoms with Crippen molar-refractivity contribution >= 4 is 41.4 Å². The first kappa shape index (κ1) is 22.2. The molecule has 1 aromatic heterocycles. The van der Waals surface area contributed by atoms with Gasteiger partial charge in [0.15, 0.2) is 0 Å². The number of anilines is 2. The normalized spacial score (nSPS) is 18.7. The van der Waals surface area contributed by atoms with E-state index in [0.717, 1.165) is 42.8 Å². The van der Waals surface area contributed by atoms with Gasteiger partial charge in [0.05, 0.1) is 5.02 Å². The maximum atomic E-state index is 13.2. The first-order valence-corrected chi connectivity index (χ1v) is 9.51. The van der Waals surface area contributed by atoms with Crippen LogP contribution in [0.15, 0.2) is 30.5 Å². The van der Waals surface area contributed by atoms with Crippen molar-refractivity contribution in [3.63, 3.8) is 0 Å². The Bertz CT molecular complexity index is 826. The van der Waals surface area contributed by atoms with E-state index < -0.39 is 5.82 Å². The topological polar surface area (TPSA) is 66.0 Å². The molecule has 152 valence electrons. The predicted octanol–water partition coefficient (Wildman–Crippen LogP) is 4.80. The summed E-state index contributed by atoms with van der Waals surface area (Å²) in [5.41, 5.74) is 2.55. The molecule has 0 atom stereocenters. The number of halogens is 3. The Morgan fingerprint density at radius 1 is 1.18 bits per heavy atom. The van der Waals surface area contributed by atoms with Crippen molar-refractivity contribution in [3.8, 4) is 0 Å². The molecule has 2 aromatic rings. The van der Waals surface area contributed by atoms with E-state index in [0.29, 0.717) is 11.6 Å². The Labute approximate surface area is 175 Å². The Morgan fingerprint density at radius 3 is 2.50 bits per heavy atom. The number of aryl methyl sites for hydroxylation is 1. The first-order valence-electron chi connectivity index (χ1n) is 9.13. The number of hydrogen-bond acceptors (Lipinski definition) is 4. The third-order valence-electron chi connectivity index (χ3n) is 4.97. The van der Waals surface area contributed by atoms with Gasteiger partial charge in [-0.25, -0.2) is 9.37 Å². The molecular weight excluding hydrogens is 402 g/mol. The summed E-state index contributed by atoms with van der Waals surface area (Å²) >= 11 is 5.75. The van der Waals surface area contributed by atoms with Crippen molar-refractivity contribution in [2.24, 2.45) is 0 Å². The van der Waals surface area contributed by atoms with E-state index in [1.807, 2.05) is 26.2 Å². The number of rotatable bonds is 5. The zero-order valence-corrected chi connectivity index (χ0v) is 17.5. The fourth-order valence-corrected chi connectivity index (χ4v) is 3.55. The molecule has 1 amide bonds. The molecule has 0 saturated heterocycles. The fourth-order valence-electron chi connectivity index (χ4n) is 3.37. The minimum Gasteiger partial charge on any atom is -0.388 e. The number of nitrogens with zero attached hydrogens (tertiary/aromatic N) is 1. The van der Waals surface area contributed by atoms with Crippen molar-refractivity contribution in [1.82, 2.24) is 10.3 Å². The highest BCUT2D eigenvalue weighted by Crippen LogP contribution is 2.24. The van der Waals surface area contributed by atoms with Gasteiger partial charge in [-0.15, -0.1) is 12.4 Å². The van der Waals surface area contributed by atoms with Crippen molar-refractivity contribution in [2.75, 3.05) is 17.7 Å². The SMILES string of the molecule is CNc1cc(N[C@H]2CC[C@@H](NC(=O)c3ccc(F)c(Cl)c3)CC2)ncc1C.Cl. The number of hydrogen-bond donors (Lipinski definition) is 3. The van der Waals surface area contributed by atoms with E-state index in [1.54, 1.807) is 0 Å². The van der Waals surface area contributed by atoms with Gasteiger partial charge in [-0.2, -0.15) is 0 Å². The van der Waals surface area contributed by atoms with Gasteiger partial charge in [0.25, 0.3) is 5.91 Å². The maximum absolute atomic E-state index is 13.2. The van der Waals surface area contributed by atoms with Gasteiger partial charge in [0, 0.05) is 42.6 Å². The van der Waals surface area contributed by atoms with Gasteiger partial charge < -0.3 is 16.0 Å². The average molecular weight is 427 g/mol. The average Bonchev–Trinajstić information content (AvgIpc) is 2.67. The van der Waals surface area contributed by atoms with Gasteiger partial charge in [-0.05, 0) is 56.4 Å². The number of nitrogens with one attached hydrogen (secondary N) is 3. The fraction of sp³-hybridized carbons (Fsp3) is 0.400. The molecule has 5 nitrogen and oxygen atoms in total. The molecule has 1 aliphatic carbocycles. The van der Waals surface area contributed by atoms with E-state index in [2.05, 4.69) is 20.9 Å². The Kier molecular flexibility index (Phi) is 7.89. The quantitative estimate of drug-likeness (QED) is 0.642. The summed E-state index contributed by atoms with van der Waals surface area (Å²) in [7, 11) is 1.90. The lowest BCUT2D eigenvalue weighted by Crippen LogP contribution is -2.40. The van der Waals surface area contributed by atoms with Crippen molar-refractivity contribution < 1.29 is 9.18 Å². The first-order chi connectivity index (χ1) is 13.0. The summed E-state index contributed by atoms with van der Waals surface area (Å²) in [6.45, 7) is 2.02. The number of benzene rings is 1. The molecule has 0 radical (unpaired) electrons. The second kappa shape index (κ2) is 9.94. The van der Waals surface area contributed by atoms with E-state index in [-0.39, 0.29) is 29.4 Å². The molecule has 3 rings (SSSR count). The maximum Gasteiger partial charge on any atom is 0.251 e. The van der Waals surface area contributed by atoms with Crippen LogP contribution in [0.1, 0.15) is 41.6 Å². The molecular formula is C20H25Cl2FN4O. The highest BCUT2D eigenvalue weighted by atomic mass is 35.5. The lowest BCUT2D eigenvalue weighted by atomic mass is 9.91. The van der Waals surface area contributed by atoms with Gasteiger partial charge in [0.1, 0.15) is 11.6 Å². The molecule has 3 N–H and O–H groups in total. The van der Waals surface area contributed by atoms with Crippen LogP contribution in [0.4, 0.5) is 15.9 Å². The molecule has 1 saturated carbocycles. The largest absolute Gasteiger partial charge is 0.388 e. The molecule has 0 spiro atoms. The summed E-state index contributed by atoms with van der Waals surface area (Å²) in [6.07, 6.45) is 5.50. The minimum atomic E-state index is -0.522. The molecule has 1 heterocycles. The van der Waals surface area contributed by atoms with Crippen LogP contribution in [0.2, 0.25) is 5.02 Å². The van der Waals surface area contributed by atoms with Crippen LogP contribution >= 0.6 is 24.0 Å². The Hall–Kier alpha value is -2.05. The van der Waals surface area contributed by atoms with Crippen molar-refractivity contribution in [2.45, 2.75) is 44.7 Å². The molecule has 1 aromatic carbocycles. The highest BCUT2D eigenvalue weighted by Gasteiger charge is 2.23. The number of carbonyl (C=O) groups excluding carboxylic acids is 1. The van der Waals surface area contributed by atoms with Gasteiger partial charge in [-0.1, -0.05) is 11.6 Å². The van der Waals surface area contributed by atoms with Crippen LogP contribution in [0, 0.1) is 12.7 Å². The van der Waals surface area contributed by atoms with E-state index >= 15 is 0 Å². The summed E-state index contributed by atoms with van der Waals surface area (Å²) in [4.78, 5) is 16.8. The highest BCUT2D eigenvalue weighted by molar-refractivity contribution is 6.31. The van der Waals surface area contributed by atoms with Crippen molar-refractivity contribution in [3.05, 3.63) is 52.4 Å². The summed E-state index contributed by atoms with van der Waals surface area (Å²) < 4.78 is 13.2. The monoisotopic (exact) mass is 426 g/mol. The van der Waals surface area contributed by atoms with Crippen LogP contribution in [0.5, 0.6) is 0 Å². The number of aromatic nitrogens is 1. The number of pyridine rings is 1. The van der Waals surface area contributed by atoms with E-state index in [1.165, 1.54) is 18.2 Å².